The molecule has 7 heteroatoms. The van der Waals surface area contributed by atoms with Crippen LogP contribution in [0.15, 0.2) is 54.6 Å². The number of ether oxygens (including phenoxy) is 2. The maximum absolute atomic E-state index is 13.4. The number of rotatable bonds is 14. The highest BCUT2D eigenvalue weighted by atomic mass is 19.1. The number of unbranched alkanes of at least 4 members (excludes halogenated alkanes) is 1. The molecule has 35 heavy (non-hydrogen) atoms. The first-order chi connectivity index (χ1) is 16.9. The molecule has 1 atom stereocenters. The van der Waals surface area contributed by atoms with Gasteiger partial charge in [-0.1, -0.05) is 57.5 Å². The third kappa shape index (κ3) is 8.16. The average molecular weight is 484 g/mol. The number of aliphatic hydroxyl groups is 1. The second-order valence-electron chi connectivity index (χ2n) is 9.35. The van der Waals surface area contributed by atoms with Crippen LogP contribution in [-0.2, 0) is 18.3 Å². The van der Waals surface area contributed by atoms with E-state index in [4.69, 9.17) is 14.6 Å². The van der Waals surface area contributed by atoms with Gasteiger partial charge in [-0.05, 0) is 36.6 Å². The lowest BCUT2D eigenvalue weighted by atomic mass is 10.1. The van der Waals surface area contributed by atoms with Gasteiger partial charge in [0.05, 0.1) is 18.3 Å². The predicted octanol–water partition coefficient (Wildman–Crippen LogP) is 5.65. The Kier molecular flexibility index (Phi) is 10.3. The van der Waals surface area contributed by atoms with Crippen LogP contribution in [0.5, 0.6) is 11.6 Å². The van der Waals surface area contributed by atoms with Crippen LogP contribution in [0.25, 0.3) is 11.3 Å². The summed E-state index contributed by atoms with van der Waals surface area (Å²) in [4.78, 5) is 2.22. The second kappa shape index (κ2) is 13.4. The van der Waals surface area contributed by atoms with E-state index in [1.54, 1.807) is 16.8 Å². The molecule has 0 unspecified atom stereocenters. The summed E-state index contributed by atoms with van der Waals surface area (Å²) in [5.41, 5.74) is 2.73. The molecule has 6 nitrogen and oxygen atoms in total. The maximum atomic E-state index is 13.4. The van der Waals surface area contributed by atoms with E-state index in [2.05, 4.69) is 25.7 Å². The Morgan fingerprint density at radius 3 is 2.43 bits per heavy atom. The molecule has 0 aliphatic rings. The first-order valence-corrected chi connectivity index (χ1v) is 12.4. The summed E-state index contributed by atoms with van der Waals surface area (Å²) in [5.74, 6) is 1.22. The molecule has 3 aromatic rings. The fraction of sp³-hybridized carbons (Fsp3) is 0.464. The highest BCUT2D eigenvalue weighted by molar-refractivity contribution is 5.65. The van der Waals surface area contributed by atoms with Crippen LogP contribution < -0.4 is 4.74 Å². The Labute approximate surface area is 208 Å². The van der Waals surface area contributed by atoms with Gasteiger partial charge in [-0.2, -0.15) is 5.10 Å². The van der Waals surface area contributed by atoms with Gasteiger partial charge >= 0.3 is 0 Å². The molecule has 0 bridgehead atoms. The van der Waals surface area contributed by atoms with Crippen molar-refractivity contribution >= 4 is 0 Å². The van der Waals surface area contributed by atoms with E-state index in [0.717, 1.165) is 36.2 Å². The summed E-state index contributed by atoms with van der Waals surface area (Å²) >= 11 is 0. The molecule has 0 saturated carbocycles. The van der Waals surface area contributed by atoms with Crippen LogP contribution in [-0.4, -0.2) is 52.2 Å². The summed E-state index contributed by atoms with van der Waals surface area (Å²) in [5, 5.41) is 15.5. The maximum Gasteiger partial charge on any atom is 0.222 e. The molecule has 0 aliphatic carbocycles. The Hall–Kier alpha value is -2.74. The number of benzene rings is 2. The standard InChI is InChI=1S/C28H38FN3O3/c1-5-6-16-34-20-24(33)18-32(17-21(2)3)19-26-27(22-10-8-7-9-11-22)30-31(4)28(26)35-25-14-12-23(29)13-15-25/h7-15,21,24,33H,5-6,16-20H2,1-4H3/t24-/m1/s1. The van der Waals surface area contributed by atoms with E-state index in [1.807, 2.05) is 37.4 Å². The first-order valence-electron chi connectivity index (χ1n) is 12.4. The highest BCUT2D eigenvalue weighted by Crippen LogP contribution is 2.34. The van der Waals surface area contributed by atoms with Crippen molar-refractivity contribution in [2.45, 2.75) is 46.3 Å². The minimum Gasteiger partial charge on any atom is -0.439 e. The summed E-state index contributed by atoms with van der Waals surface area (Å²) in [6, 6.07) is 16.0. The largest absolute Gasteiger partial charge is 0.439 e. The Balaban J connectivity index is 1.89. The van der Waals surface area contributed by atoms with Crippen molar-refractivity contribution in [1.82, 2.24) is 14.7 Å². The van der Waals surface area contributed by atoms with E-state index >= 15 is 0 Å². The molecule has 190 valence electrons. The lowest BCUT2D eigenvalue weighted by Crippen LogP contribution is -2.37. The zero-order valence-electron chi connectivity index (χ0n) is 21.3. The Morgan fingerprint density at radius 2 is 1.77 bits per heavy atom. The number of aliphatic hydroxyl groups excluding tert-OH is 1. The number of hydrogen-bond donors (Lipinski definition) is 1. The highest BCUT2D eigenvalue weighted by Gasteiger charge is 2.24. The van der Waals surface area contributed by atoms with E-state index in [9.17, 15) is 9.50 Å². The SMILES string of the molecule is CCCCOC[C@H](O)CN(Cc1c(-c2ccccc2)nn(C)c1Oc1ccc(F)cc1)CC(C)C. The van der Waals surface area contributed by atoms with E-state index in [1.165, 1.54) is 12.1 Å². The zero-order chi connectivity index (χ0) is 25.2. The molecular weight excluding hydrogens is 445 g/mol. The van der Waals surface area contributed by atoms with Gasteiger partial charge in [0.2, 0.25) is 5.88 Å². The van der Waals surface area contributed by atoms with Crippen molar-refractivity contribution in [3.8, 4) is 22.9 Å². The zero-order valence-corrected chi connectivity index (χ0v) is 21.3. The quantitative estimate of drug-likeness (QED) is 0.300. The number of aromatic nitrogens is 2. The van der Waals surface area contributed by atoms with Crippen molar-refractivity contribution in [2.75, 3.05) is 26.3 Å². The molecule has 0 aliphatic heterocycles. The second-order valence-corrected chi connectivity index (χ2v) is 9.35. The molecule has 0 spiro atoms. The topological polar surface area (TPSA) is 59.8 Å². The van der Waals surface area contributed by atoms with Crippen LogP contribution in [0, 0.1) is 11.7 Å². The summed E-state index contributed by atoms with van der Waals surface area (Å²) < 4.78 is 27.0. The molecule has 3 rings (SSSR count). The van der Waals surface area contributed by atoms with Gasteiger partial charge in [0, 0.05) is 38.9 Å². The lowest BCUT2D eigenvalue weighted by molar-refractivity contribution is 0.0124. The first kappa shape index (κ1) is 26.9. The number of hydrogen-bond acceptors (Lipinski definition) is 5. The Bertz CT molecular complexity index is 1020. The molecule has 0 fully saturated rings. The fourth-order valence-corrected chi connectivity index (χ4v) is 4.02. The average Bonchev–Trinajstić information content (AvgIpc) is 3.13. The van der Waals surface area contributed by atoms with Gasteiger partial charge in [-0.3, -0.25) is 4.90 Å². The molecule has 1 heterocycles. The van der Waals surface area contributed by atoms with Crippen LogP contribution in [0.2, 0.25) is 0 Å². The van der Waals surface area contributed by atoms with Crippen molar-refractivity contribution in [2.24, 2.45) is 13.0 Å². The van der Waals surface area contributed by atoms with E-state index < -0.39 is 6.10 Å². The number of halogens is 1. The fourth-order valence-electron chi connectivity index (χ4n) is 4.02. The number of aryl methyl sites for hydroxylation is 1. The lowest BCUT2D eigenvalue weighted by Gasteiger charge is -2.27. The van der Waals surface area contributed by atoms with Gasteiger partial charge < -0.3 is 14.6 Å². The smallest absolute Gasteiger partial charge is 0.222 e. The monoisotopic (exact) mass is 483 g/mol. The Morgan fingerprint density at radius 1 is 1.06 bits per heavy atom. The summed E-state index contributed by atoms with van der Waals surface area (Å²) in [6.07, 6.45) is 1.46. The van der Waals surface area contributed by atoms with Crippen molar-refractivity contribution in [1.29, 1.82) is 0 Å². The van der Waals surface area contributed by atoms with Gasteiger partial charge in [0.1, 0.15) is 17.3 Å². The molecule has 1 aromatic heterocycles. The number of nitrogens with zero attached hydrogens (tertiary/aromatic N) is 3. The van der Waals surface area contributed by atoms with Crippen molar-refractivity contribution < 1.29 is 19.0 Å². The molecule has 1 N–H and O–H groups in total. The third-order valence-electron chi connectivity index (χ3n) is 5.59. The van der Waals surface area contributed by atoms with Gasteiger partial charge in [0.25, 0.3) is 0 Å². The van der Waals surface area contributed by atoms with Crippen LogP contribution in [0.1, 0.15) is 39.2 Å². The molecular formula is C28H38FN3O3. The molecule has 0 saturated heterocycles. The van der Waals surface area contributed by atoms with E-state index in [0.29, 0.717) is 43.9 Å². The van der Waals surface area contributed by atoms with Crippen LogP contribution in [0.3, 0.4) is 0 Å². The van der Waals surface area contributed by atoms with Gasteiger partial charge in [0.15, 0.2) is 0 Å². The third-order valence-corrected chi connectivity index (χ3v) is 5.59. The summed E-state index contributed by atoms with van der Waals surface area (Å²) in [6.45, 7) is 9.23. The summed E-state index contributed by atoms with van der Waals surface area (Å²) in [7, 11) is 1.85. The minimum atomic E-state index is -0.594. The van der Waals surface area contributed by atoms with Crippen LogP contribution in [0.4, 0.5) is 4.39 Å². The van der Waals surface area contributed by atoms with Gasteiger partial charge in [-0.25, -0.2) is 9.07 Å². The van der Waals surface area contributed by atoms with Crippen molar-refractivity contribution in [3.63, 3.8) is 0 Å². The molecule has 0 amide bonds. The van der Waals surface area contributed by atoms with Crippen molar-refractivity contribution in [3.05, 3.63) is 66.0 Å². The predicted molar refractivity (Wildman–Crippen MR) is 137 cm³/mol. The normalized spacial score (nSPS) is 12.5. The minimum absolute atomic E-state index is 0.312. The molecule has 2 aromatic carbocycles. The van der Waals surface area contributed by atoms with E-state index in [-0.39, 0.29) is 5.82 Å². The molecule has 0 radical (unpaired) electrons. The van der Waals surface area contributed by atoms with Gasteiger partial charge in [-0.15, -0.1) is 0 Å². The van der Waals surface area contributed by atoms with Crippen LogP contribution >= 0.6 is 0 Å².